The zero-order valence-corrected chi connectivity index (χ0v) is 5.73. The van der Waals surface area contributed by atoms with Crippen molar-refractivity contribution in [1.29, 1.82) is 0 Å². The summed E-state index contributed by atoms with van der Waals surface area (Å²) in [5.41, 5.74) is 6.80. The van der Waals surface area contributed by atoms with E-state index in [1.165, 1.54) is 6.20 Å². The van der Waals surface area contributed by atoms with E-state index < -0.39 is 0 Å². The first-order chi connectivity index (χ1) is 5.27. The molecule has 0 aliphatic carbocycles. The summed E-state index contributed by atoms with van der Waals surface area (Å²) >= 11 is 0. The molecule has 56 valence electrons. The Balaban J connectivity index is 2.86. The molecule has 0 atom stereocenters. The Morgan fingerprint density at radius 1 is 1.36 bits per heavy atom. The number of pyridine rings is 1. The minimum absolute atomic E-state index is 0.462. The number of fused-ring (bicyclic) bond motifs is 1. The van der Waals surface area contributed by atoms with Crippen molar-refractivity contribution in [2.24, 2.45) is 0 Å². The number of aromatic nitrogens is 2. The molecule has 2 rings (SSSR count). The second-order valence-corrected chi connectivity index (χ2v) is 2.30. The number of hydrogen-bond acceptors (Lipinski definition) is 3. The number of rotatable bonds is 0. The summed E-state index contributed by atoms with van der Waals surface area (Å²) in [6, 6.07) is 5.07. The Hall–Kier alpha value is -1.71. The molecule has 4 nitrogen and oxygen atoms in total. The third-order valence-electron chi connectivity index (χ3n) is 1.54. The topological polar surface area (TPSA) is 64.1 Å². The highest BCUT2D eigenvalue weighted by atomic mass is 16.5. The Morgan fingerprint density at radius 2 is 2.18 bits per heavy atom. The molecule has 0 unspecified atom stereocenters. The fraction of sp³-hybridized carbons (Fsp3) is 0. The van der Waals surface area contributed by atoms with E-state index in [9.17, 15) is 0 Å². The molecular formula is C7H7N3O. The maximum absolute atomic E-state index is 9.14. The van der Waals surface area contributed by atoms with Gasteiger partial charge in [-0.2, -0.15) is 4.73 Å². The monoisotopic (exact) mass is 149 g/mol. The van der Waals surface area contributed by atoms with Crippen molar-refractivity contribution in [3.63, 3.8) is 0 Å². The molecular weight excluding hydrogens is 142 g/mol. The molecule has 0 amide bonds. The van der Waals surface area contributed by atoms with Crippen LogP contribution < -0.4 is 5.73 Å². The lowest BCUT2D eigenvalue weighted by Gasteiger charge is -1.94. The molecule has 0 spiro atoms. The average molecular weight is 149 g/mol. The minimum Gasteiger partial charge on any atom is -0.428 e. The highest BCUT2D eigenvalue weighted by Gasteiger charge is 1.99. The summed E-state index contributed by atoms with van der Waals surface area (Å²) < 4.78 is 1.02. The quantitative estimate of drug-likeness (QED) is 0.546. The maximum Gasteiger partial charge on any atom is 0.124 e. The summed E-state index contributed by atoms with van der Waals surface area (Å²) in [7, 11) is 0. The van der Waals surface area contributed by atoms with E-state index >= 15 is 0 Å². The Morgan fingerprint density at radius 3 is 3.00 bits per heavy atom. The van der Waals surface area contributed by atoms with Crippen molar-refractivity contribution in [2.45, 2.75) is 0 Å². The van der Waals surface area contributed by atoms with Crippen molar-refractivity contribution in [3.8, 4) is 0 Å². The van der Waals surface area contributed by atoms with Gasteiger partial charge in [-0.15, -0.1) is 0 Å². The van der Waals surface area contributed by atoms with E-state index in [0.29, 0.717) is 16.9 Å². The summed E-state index contributed by atoms with van der Waals surface area (Å²) in [5, 5.41) is 9.14. The maximum atomic E-state index is 9.14. The van der Waals surface area contributed by atoms with Gasteiger partial charge in [0, 0.05) is 6.20 Å². The van der Waals surface area contributed by atoms with Crippen molar-refractivity contribution in [2.75, 3.05) is 5.73 Å². The zero-order chi connectivity index (χ0) is 7.84. The molecule has 0 aliphatic heterocycles. The van der Waals surface area contributed by atoms with E-state index in [2.05, 4.69) is 4.98 Å². The van der Waals surface area contributed by atoms with Gasteiger partial charge in [-0.05, 0) is 18.2 Å². The summed E-state index contributed by atoms with van der Waals surface area (Å²) in [6.07, 6.45) is 1.52. The average Bonchev–Trinajstić information content (AvgIpc) is 2.32. The highest BCUT2D eigenvalue weighted by molar-refractivity contribution is 5.76. The molecule has 11 heavy (non-hydrogen) atoms. The number of anilines is 1. The fourth-order valence-electron chi connectivity index (χ4n) is 1.02. The van der Waals surface area contributed by atoms with Gasteiger partial charge in [-0.25, -0.2) is 4.98 Å². The first kappa shape index (κ1) is 6.03. The molecule has 4 heteroatoms. The number of nitrogen functional groups attached to an aromatic ring is 1. The van der Waals surface area contributed by atoms with Gasteiger partial charge < -0.3 is 10.9 Å². The molecule has 0 saturated carbocycles. The van der Waals surface area contributed by atoms with Crippen LogP contribution in [0.1, 0.15) is 0 Å². The van der Waals surface area contributed by atoms with Crippen molar-refractivity contribution in [1.82, 2.24) is 9.71 Å². The molecule has 2 aromatic heterocycles. The zero-order valence-electron chi connectivity index (χ0n) is 5.73. The van der Waals surface area contributed by atoms with Crippen LogP contribution in [0.5, 0.6) is 0 Å². The molecule has 0 aliphatic rings. The second kappa shape index (κ2) is 1.88. The number of nitrogens with zero attached hydrogens (tertiary/aromatic N) is 2. The van der Waals surface area contributed by atoms with Gasteiger partial charge in [0.25, 0.3) is 0 Å². The van der Waals surface area contributed by atoms with Gasteiger partial charge >= 0.3 is 0 Å². The molecule has 0 aromatic carbocycles. The van der Waals surface area contributed by atoms with Gasteiger partial charge in [0.2, 0.25) is 0 Å². The van der Waals surface area contributed by atoms with E-state index in [0.717, 1.165) is 4.73 Å². The van der Waals surface area contributed by atoms with Crippen LogP contribution in [0.3, 0.4) is 0 Å². The predicted octanol–water partition coefficient (Wildman–Crippen LogP) is 0.856. The van der Waals surface area contributed by atoms with Crippen LogP contribution in [-0.2, 0) is 0 Å². The third kappa shape index (κ3) is 0.797. The molecule has 0 saturated heterocycles. The molecule has 0 bridgehead atoms. The third-order valence-corrected chi connectivity index (χ3v) is 1.54. The van der Waals surface area contributed by atoms with Crippen molar-refractivity contribution in [3.05, 3.63) is 24.4 Å². The fourth-order valence-corrected chi connectivity index (χ4v) is 1.02. The SMILES string of the molecule is Nc1ccc2c(ccn2O)n1. The number of nitrogens with two attached hydrogens (primary N) is 1. The summed E-state index contributed by atoms with van der Waals surface area (Å²) in [5.74, 6) is 0.462. The van der Waals surface area contributed by atoms with E-state index in [1.807, 2.05) is 0 Å². The van der Waals surface area contributed by atoms with Gasteiger partial charge in [0.1, 0.15) is 11.3 Å². The smallest absolute Gasteiger partial charge is 0.124 e. The van der Waals surface area contributed by atoms with E-state index in [-0.39, 0.29) is 0 Å². The summed E-state index contributed by atoms with van der Waals surface area (Å²) in [6.45, 7) is 0. The van der Waals surface area contributed by atoms with Crippen LogP contribution in [0, 0.1) is 0 Å². The highest BCUT2D eigenvalue weighted by Crippen LogP contribution is 2.12. The first-order valence-corrected chi connectivity index (χ1v) is 3.20. The van der Waals surface area contributed by atoms with Crippen LogP contribution in [0.2, 0.25) is 0 Å². The van der Waals surface area contributed by atoms with Gasteiger partial charge in [-0.1, -0.05) is 0 Å². The lowest BCUT2D eigenvalue weighted by atomic mass is 10.4. The molecule has 2 aromatic rings. The van der Waals surface area contributed by atoms with Gasteiger partial charge in [0.15, 0.2) is 0 Å². The first-order valence-electron chi connectivity index (χ1n) is 3.20. The molecule has 2 heterocycles. The van der Waals surface area contributed by atoms with Crippen LogP contribution >= 0.6 is 0 Å². The predicted molar refractivity (Wildman–Crippen MR) is 41.3 cm³/mol. The van der Waals surface area contributed by atoms with Gasteiger partial charge in [-0.3, -0.25) is 0 Å². The molecule has 0 fully saturated rings. The molecule has 0 radical (unpaired) electrons. The standard InChI is InChI=1S/C7H7N3O/c8-7-2-1-6-5(9-7)3-4-10(6)11/h1-4,11H,(H2,8,9). The van der Waals surface area contributed by atoms with Crippen molar-refractivity contribution >= 4 is 16.9 Å². The van der Waals surface area contributed by atoms with Crippen LogP contribution in [0.15, 0.2) is 24.4 Å². The lowest BCUT2D eigenvalue weighted by molar-refractivity contribution is 0.200. The summed E-state index contributed by atoms with van der Waals surface area (Å²) in [4.78, 5) is 3.99. The van der Waals surface area contributed by atoms with Crippen molar-refractivity contribution < 1.29 is 5.21 Å². The van der Waals surface area contributed by atoms with Crippen LogP contribution in [-0.4, -0.2) is 14.9 Å². The van der Waals surface area contributed by atoms with E-state index in [1.54, 1.807) is 18.2 Å². The van der Waals surface area contributed by atoms with Crippen LogP contribution in [0.25, 0.3) is 11.0 Å². The minimum atomic E-state index is 0.462. The Labute approximate surface area is 62.8 Å². The normalized spacial score (nSPS) is 10.5. The Kier molecular flexibility index (Phi) is 1.03. The molecule has 3 N–H and O–H groups in total. The second-order valence-electron chi connectivity index (χ2n) is 2.30. The van der Waals surface area contributed by atoms with E-state index in [4.69, 9.17) is 10.9 Å². The largest absolute Gasteiger partial charge is 0.428 e. The number of hydrogen-bond donors (Lipinski definition) is 2. The van der Waals surface area contributed by atoms with Crippen LogP contribution in [0.4, 0.5) is 5.82 Å². The van der Waals surface area contributed by atoms with Gasteiger partial charge in [0.05, 0.1) is 5.52 Å². The Bertz CT molecular complexity index is 393. The lowest BCUT2D eigenvalue weighted by Crippen LogP contribution is -1.90.